The summed E-state index contributed by atoms with van der Waals surface area (Å²) in [5.41, 5.74) is 1.66. The fourth-order valence-electron chi connectivity index (χ4n) is 1.96. The third-order valence-electron chi connectivity index (χ3n) is 2.97. The molecule has 0 aliphatic rings. The van der Waals surface area contributed by atoms with Gasteiger partial charge in [0, 0.05) is 0 Å². The van der Waals surface area contributed by atoms with Crippen LogP contribution in [0.25, 0.3) is 5.65 Å². The van der Waals surface area contributed by atoms with Crippen molar-refractivity contribution < 1.29 is 14.6 Å². The fourth-order valence-corrected chi connectivity index (χ4v) is 1.96. The molecule has 0 atom stereocenters. The van der Waals surface area contributed by atoms with Crippen LogP contribution in [0, 0.1) is 0 Å². The summed E-state index contributed by atoms with van der Waals surface area (Å²) in [7, 11) is 0. The predicted molar refractivity (Wildman–Crippen MR) is 78.3 cm³/mol. The van der Waals surface area contributed by atoms with Crippen molar-refractivity contribution in [3.63, 3.8) is 0 Å². The lowest BCUT2D eigenvalue weighted by Crippen LogP contribution is -2.00. The van der Waals surface area contributed by atoms with Gasteiger partial charge in [0.2, 0.25) is 5.65 Å². The number of aliphatic hydroxyl groups excluding tert-OH is 1. The van der Waals surface area contributed by atoms with Crippen molar-refractivity contribution in [2.24, 2.45) is 0 Å². The number of hydrogen-bond acceptors (Lipinski definition) is 6. The minimum absolute atomic E-state index is 0.0274. The lowest BCUT2D eigenvalue weighted by atomic mass is 10.2. The first-order valence-electron chi connectivity index (χ1n) is 6.91. The van der Waals surface area contributed by atoms with Crippen LogP contribution in [-0.4, -0.2) is 37.9 Å². The van der Waals surface area contributed by atoms with Crippen molar-refractivity contribution in [3.8, 4) is 5.75 Å². The highest BCUT2D eigenvalue weighted by Crippen LogP contribution is 2.17. The quantitative estimate of drug-likeness (QED) is 0.661. The second-order valence-corrected chi connectivity index (χ2v) is 4.60. The van der Waals surface area contributed by atoms with Crippen LogP contribution in [0.1, 0.15) is 11.4 Å². The van der Waals surface area contributed by atoms with Crippen molar-refractivity contribution in [1.82, 2.24) is 19.6 Å². The molecule has 1 N–H and O–H groups in total. The molecule has 0 unspecified atom stereocenters. The highest BCUT2D eigenvalue weighted by molar-refractivity contribution is 5.51. The van der Waals surface area contributed by atoms with Crippen LogP contribution in [0.15, 0.2) is 42.9 Å². The van der Waals surface area contributed by atoms with Crippen LogP contribution in [0.4, 0.5) is 0 Å². The molecule has 1 aromatic carbocycles. The molecule has 7 heteroatoms. The van der Waals surface area contributed by atoms with Crippen LogP contribution in [-0.2, 0) is 18.0 Å². The van der Waals surface area contributed by atoms with Gasteiger partial charge in [-0.3, -0.25) is 0 Å². The molecule has 0 saturated heterocycles. The number of hydrogen-bond donors (Lipinski definition) is 1. The molecule has 0 aliphatic carbocycles. The van der Waals surface area contributed by atoms with E-state index in [0.29, 0.717) is 23.8 Å². The Labute approximate surface area is 127 Å². The van der Waals surface area contributed by atoms with Crippen molar-refractivity contribution in [1.29, 1.82) is 0 Å². The third kappa shape index (κ3) is 3.38. The molecular weight excluding hydrogens is 284 g/mol. The average Bonchev–Trinajstić information content (AvgIpc) is 2.97. The van der Waals surface area contributed by atoms with Gasteiger partial charge < -0.3 is 14.6 Å². The van der Waals surface area contributed by atoms with Gasteiger partial charge in [0.15, 0.2) is 11.6 Å². The van der Waals surface area contributed by atoms with E-state index in [-0.39, 0.29) is 19.8 Å². The van der Waals surface area contributed by atoms with Gasteiger partial charge in [0.1, 0.15) is 19.5 Å². The van der Waals surface area contributed by atoms with Crippen LogP contribution in [0.5, 0.6) is 5.75 Å². The van der Waals surface area contributed by atoms with Gasteiger partial charge in [-0.2, -0.15) is 4.52 Å². The highest BCUT2D eigenvalue weighted by Gasteiger charge is 2.10. The van der Waals surface area contributed by atoms with Gasteiger partial charge in [0.05, 0.1) is 19.4 Å². The largest absolute Gasteiger partial charge is 0.483 e. The molecule has 0 spiro atoms. The highest BCUT2D eigenvalue weighted by atomic mass is 16.5. The number of fused-ring (bicyclic) bond motifs is 1. The topological polar surface area (TPSA) is 81.8 Å². The summed E-state index contributed by atoms with van der Waals surface area (Å²) in [5.74, 6) is 1.08. The maximum Gasteiger partial charge on any atom is 0.201 e. The van der Waals surface area contributed by atoms with Crippen molar-refractivity contribution in [3.05, 3.63) is 54.2 Å². The zero-order valence-electron chi connectivity index (χ0n) is 11.9. The minimum atomic E-state index is -0.0274. The van der Waals surface area contributed by atoms with Gasteiger partial charge in [-0.15, -0.1) is 5.10 Å². The van der Waals surface area contributed by atoms with Crippen molar-refractivity contribution in [2.45, 2.75) is 13.2 Å². The van der Waals surface area contributed by atoms with Crippen molar-refractivity contribution in [2.75, 3.05) is 13.2 Å². The standard InChI is InChI=1S/C15H16N4O3/c20-6-7-21-10-14-17-15-13(8-16-11-19(15)18-14)22-9-12-4-2-1-3-5-12/h1-5,8,11,20H,6-7,9-10H2. The summed E-state index contributed by atoms with van der Waals surface area (Å²) in [6, 6.07) is 9.87. The monoisotopic (exact) mass is 300 g/mol. The van der Waals surface area contributed by atoms with Crippen LogP contribution >= 0.6 is 0 Å². The third-order valence-corrected chi connectivity index (χ3v) is 2.97. The predicted octanol–water partition coefficient (Wildman–Crippen LogP) is 1.21. The Bertz CT molecular complexity index is 730. The summed E-state index contributed by atoms with van der Waals surface area (Å²) in [4.78, 5) is 8.47. The van der Waals surface area contributed by atoms with Gasteiger partial charge in [0.25, 0.3) is 0 Å². The summed E-state index contributed by atoms with van der Waals surface area (Å²) in [6.45, 7) is 0.900. The van der Waals surface area contributed by atoms with E-state index in [1.54, 1.807) is 17.0 Å². The average molecular weight is 300 g/mol. The Morgan fingerprint density at radius 2 is 2.00 bits per heavy atom. The molecule has 0 bridgehead atoms. The molecule has 3 aromatic rings. The van der Waals surface area contributed by atoms with Gasteiger partial charge in [-0.25, -0.2) is 9.97 Å². The molecular formula is C15H16N4O3. The van der Waals surface area contributed by atoms with Crippen LogP contribution < -0.4 is 4.74 Å². The SMILES string of the molecule is OCCOCc1nc2c(OCc3ccccc3)cncn2n1. The van der Waals surface area contributed by atoms with E-state index in [4.69, 9.17) is 14.6 Å². The number of benzene rings is 1. The fraction of sp³-hybridized carbons (Fsp3) is 0.267. The zero-order valence-corrected chi connectivity index (χ0v) is 11.9. The van der Waals surface area contributed by atoms with E-state index in [9.17, 15) is 0 Å². The van der Waals surface area contributed by atoms with Gasteiger partial charge in [-0.05, 0) is 5.56 Å². The molecule has 7 nitrogen and oxygen atoms in total. The lowest BCUT2D eigenvalue weighted by Gasteiger charge is -2.05. The summed E-state index contributed by atoms with van der Waals surface area (Å²) in [6.07, 6.45) is 3.18. The number of aliphatic hydroxyl groups is 1. The molecule has 2 heterocycles. The zero-order chi connectivity index (χ0) is 15.2. The van der Waals surface area contributed by atoms with Crippen LogP contribution in [0.3, 0.4) is 0 Å². The Morgan fingerprint density at radius 1 is 1.14 bits per heavy atom. The maximum absolute atomic E-state index is 8.71. The minimum Gasteiger partial charge on any atom is -0.483 e. The van der Waals surface area contributed by atoms with Gasteiger partial charge in [-0.1, -0.05) is 30.3 Å². The van der Waals surface area contributed by atoms with E-state index in [1.807, 2.05) is 30.3 Å². The molecule has 2 aromatic heterocycles. The lowest BCUT2D eigenvalue weighted by molar-refractivity contribution is 0.0778. The first-order chi connectivity index (χ1) is 10.9. The number of aromatic nitrogens is 4. The van der Waals surface area contributed by atoms with Gasteiger partial charge >= 0.3 is 0 Å². The number of nitrogens with zero attached hydrogens (tertiary/aromatic N) is 4. The van der Waals surface area contributed by atoms with E-state index in [1.165, 1.54) is 0 Å². The Hall–Kier alpha value is -2.51. The second kappa shape index (κ2) is 6.97. The van der Waals surface area contributed by atoms with Crippen molar-refractivity contribution >= 4 is 5.65 Å². The first kappa shape index (κ1) is 14.4. The Balaban J connectivity index is 1.74. The molecule has 0 fully saturated rings. The summed E-state index contributed by atoms with van der Waals surface area (Å²) in [5, 5.41) is 13.0. The molecule has 0 radical (unpaired) electrons. The van der Waals surface area contributed by atoms with E-state index in [0.717, 1.165) is 5.56 Å². The smallest absolute Gasteiger partial charge is 0.201 e. The summed E-state index contributed by atoms with van der Waals surface area (Å²) >= 11 is 0. The molecule has 0 amide bonds. The number of rotatable bonds is 7. The summed E-state index contributed by atoms with van der Waals surface area (Å²) < 4.78 is 12.5. The molecule has 114 valence electrons. The van der Waals surface area contributed by atoms with E-state index in [2.05, 4.69) is 15.1 Å². The number of ether oxygens (including phenoxy) is 2. The van der Waals surface area contributed by atoms with E-state index < -0.39 is 0 Å². The maximum atomic E-state index is 8.71. The molecule has 0 aliphatic heterocycles. The second-order valence-electron chi connectivity index (χ2n) is 4.60. The Kier molecular flexibility index (Phi) is 4.57. The van der Waals surface area contributed by atoms with Crippen LogP contribution in [0.2, 0.25) is 0 Å². The molecule has 3 rings (SSSR count). The Morgan fingerprint density at radius 3 is 2.82 bits per heavy atom. The molecule has 0 saturated carbocycles. The molecule has 22 heavy (non-hydrogen) atoms. The first-order valence-corrected chi connectivity index (χ1v) is 6.91. The normalized spacial score (nSPS) is 11.0. The van der Waals surface area contributed by atoms with E-state index >= 15 is 0 Å².